The minimum Gasteiger partial charge on any atom is -0.394 e. The number of allylic oxidation sites excluding steroid dienone is 2. The number of nitrogens with one attached hydrogen (secondary N) is 1. The predicted molar refractivity (Wildman–Crippen MR) is 148 cm³/mol. The third kappa shape index (κ3) is 13.1. The number of unbranched alkanes of at least 4 members (excludes halogenated alkanes) is 1. The first-order valence-electron chi connectivity index (χ1n) is 13.5. The van der Waals surface area contributed by atoms with Crippen molar-refractivity contribution in [1.82, 2.24) is 5.32 Å². The zero-order chi connectivity index (χ0) is 28.4. The Morgan fingerprint density at radius 1 is 1.11 bits per heavy atom. The highest BCUT2D eigenvalue weighted by atomic mass is 16.3. The van der Waals surface area contributed by atoms with Crippen LogP contribution in [0, 0.1) is 11.8 Å². The Morgan fingerprint density at radius 2 is 1.76 bits per heavy atom. The zero-order valence-electron chi connectivity index (χ0n) is 22.5. The number of hydrogen-bond donors (Lipinski definition) is 8. The Kier molecular flexibility index (Phi) is 17.0. The van der Waals surface area contributed by atoms with Crippen molar-refractivity contribution < 1.29 is 35.4 Å². The molecule has 0 bridgehead atoms. The summed E-state index contributed by atoms with van der Waals surface area (Å²) in [5, 5.41) is 58.8. The van der Waals surface area contributed by atoms with Crippen LogP contribution in [0.4, 0.5) is 0 Å². The second kappa shape index (κ2) is 19.0. The molecule has 1 aromatic carbocycles. The second-order valence-electron chi connectivity index (χ2n) is 9.98. The van der Waals surface area contributed by atoms with Gasteiger partial charge in [-0.05, 0) is 50.5 Å². The van der Waals surface area contributed by atoms with Gasteiger partial charge in [-0.25, -0.2) is 0 Å². The maximum absolute atomic E-state index is 11.4. The van der Waals surface area contributed by atoms with E-state index in [4.69, 9.17) is 21.1 Å². The van der Waals surface area contributed by atoms with Gasteiger partial charge in [-0.1, -0.05) is 54.6 Å². The van der Waals surface area contributed by atoms with Crippen LogP contribution in [0.3, 0.4) is 0 Å². The van der Waals surface area contributed by atoms with Crippen molar-refractivity contribution in [2.45, 2.75) is 75.7 Å². The highest BCUT2D eigenvalue weighted by Crippen LogP contribution is 2.36. The molecule has 1 amide bonds. The lowest BCUT2D eigenvalue weighted by atomic mass is 9.89. The summed E-state index contributed by atoms with van der Waals surface area (Å²) < 4.78 is 0. The number of aryl methyl sites for hydroxylation is 1. The van der Waals surface area contributed by atoms with Crippen LogP contribution in [0.25, 0.3) is 0 Å². The maximum atomic E-state index is 11.4. The molecule has 0 aromatic heterocycles. The quantitative estimate of drug-likeness (QED) is 0.120. The molecule has 0 radical (unpaired) electrons. The summed E-state index contributed by atoms with van der Waals surface area (Å²) in [7, 11) is 0. The van der Waals surface area contributed by atoms with Gasteiger partial charge in [0.05, 0.1) is 43.7 Å². The largest absolute Gasteiger partial charge is 0.394 e. The van der Waals surface area contributed by atoms with Gasteiger partial charge in [0, 0.05) is 25.3 Å². The fourth-order valence-corrected chi connectivity index (χ4v) is 4.21. The molecular weight excluding hydrogens is 488 g/mol. The van der Waals surface area contributed by atoms with Crippen LogP contribution in [0.2, 0.25) is 0 Å². The highest BCUT2D eigenvalue weighted by molar-refractivity contribution is 5.75. The first-order valence-corrected chi connectivity index (χ1v) is 13.5. The smallest absolute Gasteiger partial charge is 0.219 e. The molecule has 1 fully saturated rings. The SMILES string of the molecule is CCNC(=O)CCC/C=C\C[C@@H]1[C@@H](/C=C/[C@@H](O)CCc2ccccc2)[C@H](O)C[C@@H]1O.NC(CO)(CO)CO. The number of benzene rings is 1. The zero-order valence-corrected chi connectivity index (χ0v) is 22.5. The molecule has 0 spiro atoms. The van der Waals surface area contributed by atoms with Crippen LogP contribution in [-0.2, 0) is 11.2 Å². The monoisotopic (exact) mass is 536 g/mol. The Bertz CT molecular complexity index is 806. The molecule has 9 heteroatoms. The third-order valence-electron chi connectivity index (χ3n) is 6.71. The Labute approximate surface area is 226 Å². The predicted octanol–water partition coefficient (Wildman–Crippen LogP) is 0.808. The van der Waals surface area contributed by atoms with Gasteiger partial charge in [-0.15, -0.1) is 0 Å². The van der Waals surface area contributed by atoms with E-state index in [0.717, 1.165) is 19.3 Å². The number of aliphatic hydroxyl groups is 6. The lowest BCUT2D eigenvalue weighted by molar-refractivity contribution is -0.121. The molecule has 9 N–H and O–H groups in total. The van der Waals surface area contributed by atoms with Crippen molar-refractivity contribution in [3.8, 4) is 0 Å². The fourth-order valence-electron chi connectivity index (χ4n) is 4.21. The lowest BCUT2D eigenvalue weighted by Gasteiger charge is -2.20. The number of amides is 1. The minimum absolute atomic E-state index is 0.0581. The van der Waals surface area contributed by atoms with Crippen molar-refractivity contribution in [3.63, 3.8) is 0 Å². The van der Waals surface area contributed by atoms with Gasteiger partial charge in [0.25, 0.3) is 0 Å². The van der Waals surface area contributed by atoms with Gasteiger partial charge in [-0.2, -0.15) is 0 Å². The number of carbonyl (C=O) groups excluding carboxylic acids is 1. The van der Waals surface area contributed by atoms with Gasteiger partial charge in [0.15, 0.2) is 0 Å². The van der Waals surface area contributed by atoms with Crippen LogP contribution in [0.5, 0.6) is 0 Å². The molecule has 0 unspecified atom stereocenters. The summed E-state index contributed by atoms with van der Waals surface area (Å²) in [5.74, 6) is -0.139. The van der Waals surface area contributed by atoms with Gasteiger partial charge in [0.1, 0.15) is 0 Å². The summed E-state index contributed by atoms with van der Waals surface area (Å²) in [6.45, 7) is 1.36. The molecule has 2 rings (SSSR count). The molecule has 38 heavy (non-hydrogen) atoms. The summed E-state index contributed by atoms with van der Waals surface area (Å²) in [6.07, 6.45) is 10.6. The summed E-state index contributed by atoms with van der Waals surface area (Å²) in [5.41, 5.74) is 5.13. The van der Waals surface area contributed by atoms with Crippen molar-refractivity contribution >= 4 is 5.91 Å². The van der Waals surface area contributed by atoms with Crippen molar-refractivity contribution in [2.24, 2.45) is 17.6 Å². The third-order valence-corrected chi connectivity index (χ3v) is 6.71. The highest BCUT2D eigenvalue weighted by Gasteiger charge is 2.39. The van der Waals surface area contributed by atoms with E-state index in [1.54, 1.807) is 6.08 Å². The van der Waals surface area contributed by atoms with E-state index in [9.17, 15) is 20.1 Å². The fraction of sp³-hybridized carbons (Fsp3) is 0.621. The molecule has 1 aliphatic carbocycles. The number of hydrogen-bond acceptors (Lipinski definition) is 8. The number of aliphatic hydroxyl groups excluding tert-OH is 6. The summed E-state index contributed by atoms with van der Waals surface area (Å²) >= 11 is 0. The topological polar surface area (TPSA) is 176 Å². The minimum atomic E-state index is -1.21. The van der Waals surface area contributed by atoms with E-state index < -0.39 is 43.7 Å². The molecule has 5 atom stereocenters. The van der Waals surface area contributed by atoms with Gasteiger partial charge < -0.3 is 41.7 Å². The second-order valence-corrected chi connectivity index (χ2v) is 9.98. The van der Waals surface area contributed by atoms with E-state index >= 15 is 0 Å². The Morgan fingerprint density at radius 3 is 2.34 bits per heavy atom. The maximum Gasteiger partial charge on any atom is 0.219 e. The van der Waals surface area contributed by atoms with E-state index in [1.165, 1.54) is 5.56 Å². The number of carbonyl (C=O) groups is 1. The molecule has 1 aromatic rings. The van der Waals surface area contributed by atoms with Gasteiger partial charge >= 0.3 is 0 Å². The summed E-state index contributed by atoms with van der Waals surface area (Å²) in [4.78, 5) is 11.4. The molecule has 1 aliphatic rings. The standard InChI is InChI=1S/C25H37NO4.C4H11NO3/c1-2-26-25(30)13-9-4-3-8-12-21-22(24(29)18-23(21)28)17-16-20(27)15-14-19-10-6-5-7-11-19;5-4(1-6,2-7)3-8/h3,5-8,10-11,16-17,20-24,27-29H,2,4,9,12-15,18H2,1H3,(H,26,30);6-8H,1-3,5H2/b8-3-,17-16+;/t20-,21+,22+,23-,24+;/m0./s1. The molecule has 0 aliphatic heterocycles. The van der Waals surface area contributed by atoms with E-state index in [0.29, 0.717) is 32.2 Å². The number of nitrogens with two attached hydrogens (primary N) is 1. The van der Waals surface area contributed by atoms with Crippen LogP contribution >= 0.6 is 0 Å². The number of rotatable bonds is 15. The normalized spacial score (nSPS) is 22.4. The Hall–Kier alpha value is -2.11. The lowest BCUT2D eigenvalue weighted by Crippen LogP contribution is -2.50. The van der Waals surface area contributed by atoms with E-state index in [-0.39, 0.29) is 17.7 Å². The van der Waals surface area contributed by atoms with Crippen LogP contribution in [0.15, 0.2) is 54.6 Å². The van der Waals surface area contributed by atoms with Crippen molar-refractivity contribution in [1.29, 1.82) is 0 Å². The molecule has 0 saturated heterocycles. The molecule has 0 heterocycles. The van der Waals surface area contributed by atoms with Crippen LogP contribution < -0.4 is 11.1 Å². The van der Waals surface area contributed by atoms with Gasteiger partial charge in [0.2, 0.25) is 5.91 Å². The average molecular weight is 537 g/mol. The van der Waals surface area contributed by atoms with Crippen molar-refractivity contribution in [2.75, 3.05) is 26.4 Å². The van der Waals surface area contributed by atoms with Crippen LogP contribution in [-0.4, -0.2) is 86.8 Å². The van der Waals surface area contributed by atoms with E-state index in [2.05, 4.69) is 5.32 Å². The van der Waals surface area contributed by atoms with Crippen LogP contribution in [0.1, 0.15) is 51.0 Å². The average Bonchev–Trinajstić information content (AvgIpc) is 3.20. The molecular formula is C29H48N2O7. The first-order chi connectivity index (χ1) is 18.2. The Balaban J connectivity index is 0.000000781. The molecule has 1 saturated carbocycles. The molecule has 216 valence electrons. The summed E-state index contributed by atoms with van der Waals surface area (Å²) in [6, 6.07) is 10.1. The molecule has 9 nitrogen and oxygen atoms in total. The van der Waals surface area contributed by atoms with Gasteiger partial charge in [-0.3, -0.25) is 4.79 Å². The first kappa shape index (κ1) is 33.9. The van der Waals surface area contributed by atoms with E-state index in [1.807, 2.05) is 55.5 Å². The van der Waals surface area contributed by atoms with Crippen molar-refractivity contribution in [3.05, 3.63) is 60.2 Å².